The summed E-state index contributed by atoms with van der Waals surface area (Å²) in [4.78, 5) is 0. The topological polar surface area (TPSA) is 31.5 Å². The second kappa shape index (κ2) is 11.5. The van der Waals surface area contributed by atoms with Crippen molar-refractivity contribution in [2.24, 2.45) is 17.8 Å². The number of rotatable bonds is 7. The minimum atomic E-state index is 0. The molecule has 0 bridgehead atoms. The van der Waals surface area contributed by atoms with Crippen molar-refractivity contribution in [1.29, 1.82) is 0 Å². The summed E-state index contributed by atoms with van der Waals surface area (Å²) in [6, 6.07) is 9.06. The first-order chi connectivity index (χ1) is 11.6. The van der Waals surface area contributed by atoms with E-state index < -0.39 is 0 Å². The second-order valence-electron chi connectivity index (χ2n) is 8.21. The van der Waals surface area contributed by atoms with Crippen LogP contribution in [0.3, 0.4) is 0 Å². The van der Waals surface area contributed by atoms with Gasteiger partial charge in [0.05, 0.1) is 0 Å². The highest BCUT2D eigenvalue weighted by Gasteiger charge is 2.22. The van der Waals surface area contributed by atoms with Crippen molar-refractivity contribution in [3.05, 3.63) is 47.0 Å². The first-order valence-electron chi connectivity index (χ1n) is 10.3. The third-order valence-corrected chi connectivity index (χ3v) is 6.25. The van der Waals surface area contributed by atoms with E-state index in [-0.39, 0.29) is 5.48 Å². The van der Waals surface area contributed by atoms with Crippen LogP contribution in [-0.2, 0) is 6.42 Å². The summed E-state index contributed by atoms with van der Waals surface area (Å²) in [6.45, 7) is 9.38. The monoisotopic (exact) mass is 344 g/mol. The largest absolute Gasteiger partial charge is 0.412 e. The van der Waals surface area contributed by atoms with Crippen LogP contribution in [0.4, 0.5) is 0 Å². The molecular formula is C24H40O. The van der Waals surface area contributed by atoms with Crippen molar-refractivity contribution in [3.8, 4) is 0 Å². The van der Waals surface area contributed by atoms with Gasteiger partial charge < -0.3 is 5.48 Å². The molecule has 1 aromatic rings. The summed E-state index contributed by atoms with van der Waals surface area (Å²) in [6.07, 6.45) is 14.9. The molecule has 1 heteroatoms. The lowest BCUT2D eigenvalue weighted by atomic mass is 9.79. The summed E-state index contributed by atoms with van der Waals surface area (Å²) < 4.78 is 0. The SMILES string of the molecule is C/C=C(/CCCc1ccc(C)cc1)C(C)CC1CCCCCC1C.O. The van der Waals surface area contributed by atoms with Crippen LogP contribution in [0.15, 0.2) is 35.9 Å². The lowest BCUT2D eigenvalue weighted by Gasteiger charge is -2.26. The van der Waals surface area contributed by atoms with E-state index in [9.17, 15) is 0 Å². The Hall–Kier alpha value is -1.08. The van der Waals surface area contributed by atoms with Gasteiger partial charge in [-0.05, 0) is 62.8 Å². The summed E-state index contributed by atoms with van der Waals surface area (Å²) in [7, 11) is 0. The highest BCUT2D eigenvalue weighted by molar-refractivity contribution is 5.21. The van der Waals surface area contributed by atoms with Crippen molar-refractivity contribution in [2.45, 2.75) is 85.5 Å². The molecule has 3 unspecified atom stereocenters. The van der Waals surface area contributed by atoms with Gasteiger partial charge in [0, 0.05) is 0 Å². The zero-order valence-corrected chi connectivity index (χ0v) is 17.0. The van der Waals surface area contributed by atoms with Gasteiger partial charge in [0.1, 0.15) is 0 Å². The Kier molecular flexibility index (Phi) is 10.1. The number of hydrogen-bond acceptors (Lipinski definition) is 0. The maximum atomic E-state index is 2.50. The minimum Gasteiger partial charge on any atom is -0.412 e. The molecule has 0 amide bonds. The van der Waals surface area contributed by atoms with E-state index in [1.165, 1.54) is 68.9 Å². The number of hydrogen-bond donors (Lipinski definition) is 0. The molecule has 3 atom stereocenters. The summed E-state index contributed by atoms with van der Waals surface area (Å²) in [5.74, 6) is 2.65. The van der Waals surface area contributed by atoms with Gasteiger partial charge in [0.2, 0.25) is 0 Å². The van der Waals surface area contributed by atoms with Gasteiger partial charge in [-0.15, -0.1) is 0 Å². The summed E-state index contributed by atoms with van der Waals surface area (Å²) in [5.41, 5.74) is 4.54. The summed E-state index contributed by atoms with van der Waals surface area (Å²) >= 11 is 0. The first kappa shape index (κ1) is 22.0. The fourth-order valence-electron chi connectivity index (χ4n) is 4.45. The molecule has 0 aliphatic heterocycles. The van der Waals surface area contributed by atoms with Crippen LogP contribution in [0.25, 0.3) is 0 Å². The molecule has 1 fully saturated rings. The molecule has 0 radical (unpaired) electrons. The van der Waals surface area contributed by atoms with Crippen LogP contribution in [0.1, 0.15) is 83.3 Å². The molecule has 1 aromatic carbocycles. The van der Waals surface area contributed by atoms with E-state index in [1.54, 1.807) is 5.57 Å². The lowest BCUT2D eigenvalue weighted by Crippen LogP contribution is -2.15. The van der Waals surface area contributed by atoms with E-state index in [2.05, 4.69) is 58.0 Å². The predicted octanol–water partition coefficient (Wildman–Crippen LogP) is 6.68. The molecule has 1 aliphatic rings. The number of allylic oxidation sites excluding steroid dienone is 2. The van der Waals surface area contributed by atoms with Crippen molar-refractivity contribution in [2.75, 3.05) is 0 Å². The van der Waals surface area contributed by atoms with Gasteiger partial charge in [-0.2, -0.15) is 0 Å². The molecule has 2 N–H and O–H groups in total. The fourth-order valence-corrected chi connectivity index (χ4v) is 4.45. The zero-order chi connectivity index (χ0) is 17.4. The molecule has 1 nitrogen and oxygen atoms in total. The van der Waals surface area contributed by atoms with Gasteiger partial charge in [0.15, 0.2) is 0 Å². The molecular weight excluding hydrogens is 304 g/mol. The van der Waals surface area contributed by atoms with Crippen LogP contribution in [0, 0.1) is 24.7 Å². The van der Waals surface area contributed by atoms with Gasteiger partial charge in [0.25, 0.3) is 0 Å². The maximum absolute atomic E-state index is 2.50. The smallest absolute Gasteiger partial charge is 0.0229 e. The lowest BCUT2D eigenvalue weighted by molar-refractivity contribution is 0.287. The molecule has 0 saturated heterocycles. The van der Waals surface area contributed by atoms with E-state index in [0.717, 1.165) is 17.8 Å². The van der Waals surface area contributed by atoms with E-state index in [1.807, 2.05) is 0 Å². The van der Waals surface area contributed by atoms with Crippen LogP contribution < -0.4 is 0 Å². The standard InChI is InChI=1S/C24H38.H2O/c1-5-23(13-9-11-22-16-14-19(2)15-17-22)21(4)18-24-12-8-6-7-10-20(24)3;/h5,14-17,20-21,24H,6-13,18H2,1-4H3;1H2/b23-5-;. The molecule has 0 aromatic heterocycles. The fraction of sp³-hybridized carbons (Fsp3) is 0.667. The van der Waals surface area contributed by atoms with Crippen molar-refractivity contribution in [1.82, 2.24) is 0 Å². The molecule has 142 valence electrons. The van der Waals surface area contributed by atoms with Crippen molar-refractivity contribution in [3.63, 3.8) is 0 Å². The van der Waals surface area contributed by atoms with Gasteiger partial charge in [-0.1, -0.05) is 87.4 Å². The van der Waals surface area contributed by atoms with Gasteiger partial charge >= 0.3 is 0 Å². The predicted molar refractivity (Wildman–Crippen MR) is 111 cm³/mol. The van der Waals surface area contributed by atoms with Crippen LogP contribution in [-0.4, -0.2) is 5.48 Å². The van der Waals surface area contributed by atoms with Gasteiger partial charge in [-0.25, -0.2) is 0 Å². The first-order valence-corrected chi connectivity index (χ1v) is 10.3. The molecule has 1 aliphatic carbocycles. The number of benzene rings is 1. The van der Waals surface area contributed by atoms with Crippen molar-refractivity contribution < 1.29 is 5.48 Å². The van der Waals surface area contributed by atoms with Crippen LogP contribution in [0.2, 0.25) is 0 Å². The normalized spacial score (nSPS) is 22.8. The third kappa shape index (κ3) is 7.36. The molecule has 0 spiro atoms. The Morgan fingerprint density at radius 2 is 1.80 bits per heavy atom. The molecule has 25 heavy (non-hydrogen) atoms. The summed E-state index contributed by atoms with van der Waals surface area (Å²) in [5, 5.41) is 0. The Morgan fingerprint density at radius 1 is 1.12 bits per heavy atom. The quantitative estimate of drug-likeness (QED) is 0.390. The van der Waals surface area contributed by atoms with Gasteiger partial charge in [-0.3, -0.25) is 0 Å². The highest BCUT2D eigenvalue weighted by Crippen LogP contribution is 2.35. The number of aryl methyl sites for hydroxylation is 2. The van der Waals surface area contributed by atoms with E-state index >= 15 is 0 Å². The van der Waals surface area contributed by atoms with E-state index in [4.69, 9.17) is 0 Å². The van der Waals surface area contributed by atoms with Crippen molar-refractivity contribution >= 4 is 0 Å². The highest BCUT2D eigenvalue weighted by atomic mass is 16.0. The zero-order valence-electron chi connectivity index (χ0n) is 17.0. The Bertz CT molecular complexity index is 499. The Balaban J connectivity index is 0.00000312. The molecule has 1 saturated carbocycles. The molecule has 2 rings (SSSR count). The Labute approximate surface area is 156 Å². The minimum absolute atomic E-state index is 0. The third-order valence-electron chi connectivity index (χ3n) is 6.25. The average Bonchev–Trinajstić information content (AvgIpc) is 2.78. The second-order valence-corrected chi connectivity index (χ2v) is 8.21. The average molecular weight is 345 g/mol. The van der Waals surface area contributed by atoms with Crippen LogP contribution >= 0.6 is 0 Å². The van der Waals surface area contributed by atoms with Crippen LogP contribution in [0.5, 0.6) is 0 Å². The maximum Gasteiger partial charge on any atom is -0.0229 e. The Morgan fingerprint density at radius 3 is 2.48 bits per heavy atom. The van der Waals surface area contributed by atoms with E-state index in [0.29, 0.717) is 0 Å². The molecule has 0 heterocycles.